The van der Waals surface area contributed by atoms with Crippen LogP contribution in [-0.2, 0) is 0 Å². The van der Waals surface area contributed by atoms with Gasteiger partial charge in [0.2, 0.25) is 0 Å². The molecule has 230 valence electrons. The van der Waals surface area contributed by atoms with Crippen LogP contribution in [0.2, 0.25) is 0 Å². The van der Waals surface area contributed by atoms with Crippen LogP contribution in [0.1, 0.15) is 16.7 Å². The van der Waals surface area contributed by atoms with Crippen molar-refractivity contribution in [2.45, 2.75) is 0 Å². The summed E-state index contributed by atoms with van der Waals surface area (Å²) in [5.74, 6) is 0. The maximum Gasteiger partial charge on any atom is 0.0992 e. The summed E-state index contributed by atoms with van der Waals surface area (Å²) in [6.45, 7) is 0. The number of para-hydroxylation sites is 2. The fraction of sp³-hybridized carbons (Fsp3) is 0. The van der Waals surface area contributed by atoms with Gasteiger partial charge in [0.25, 0.3) is 0 Å². The van der Waals surface area contributed by atoms with E-state index in [9.17, 15) is 15.8 Å². The number of rotatable bonds is 4. The molecule has 5 heteroatoms. The van der Waals surface area contributed by atoms with Gasteiger partial charge in [-0.05, 0) is 83.4 Å². The van der Waals surface area contributed by atoms with Crippen molar-refractivity contribution in [1.29, 1.82) is 15.8 Å². The number of hydrogen-bond donors (Lipinski definition) is 0. The number of nitrogens with zero attached hydrogens (tertiary/aromatic N) is 5. The Kier molecular flexibility index (Phi) is 6.56. The Morgan fingerprint density at radius 2 is 0.900 bits per heavy atom. The quantitative estimate of drug-likeness (QED) is 0.193. The van der Waals surface area contributed by atoms with Gasteiger partial charge < -0.3 is 9.13 Å². The molecule has 0 amide bonds. The monoisotopic (exact) mass is 635 g/mol. The van der Waals surface area contributed by atoms with E-state index in [0.29, 0.717) is 16.7 Å². The first-order valence-electron chi connectivity index (χ1n) is 16.3. The second kappa shape index (κ2) is 11.4. The molecule has 0 aliphatic rings. The zero-order chi connectivity index (χ0) is 33.8. The van der Waals surface area contributed by atoms with E-state index >= 15 is 0 Å². The van der Waals surface area contributed by atoms with Gasteiger partial charge in [-0.3, -0.25) is 0 Å². The molecule has 9 aromatic rings. The minimum Gasteiger partial charge on any atom is -0.309 e. The van der Waals surface area contributed by atoms with Gasteiger partial charge >= 0.3 is 0 Å². The van der Waals surface area contributed by atoms with Gasteiger partial charge in [-0.15, -0.1) is 0 Å². The van der Waals surface area contributed by atoms with Crippen molar-refractivity contribution in [3.63, 3.8) is 0 Å². The van der Waals surface area contributed by atoms with Crippen molar-refractivity contribution in [2.24, 2.45) is 0 Å². The molecule has 0 saturated heterocycles. The Labute approximate surface area is 287 Å². The Hall–Kier alpha value is -7.39. The van der Waals surface area contributed by atoms with Crippen LogP contribution in [0.3, 0.4) is 0 Å². The molecule has 2 aromatic heterocycles. The second-order valence-corrected chi connectivity index (χ2v) is 12.3. The molecule has 50 heavy (non-hydrogen) atoms. The highest BCUT2D eigenvalue weighted by atomic mass is 15.0. The molecule has 0 atom stereocenters. The minimum atomic E-state index is 0.578. The summed E-state index contributed by atoms with van der Waals surface area (Å²) in [7, 11) is 0. The summed E-state index contributed by atoms with van der Waals surface area (Å²) in [5.41, 5.74) is 11.9. The van der Waals surface area contributed by atoms with Crippen molar-refractivity contribution < 1.29 is 0 Å². The lowest BCUT2D eigenvalue weighted by Gasteiger charge is -2.18. The topological polar surface area (TPSA) is 81.2 Å². The molecular weight excluding hydrogens is 611 g/mol. The van der Waals surface area contributed by atoms with Gasteiger partial charge in [0.1, 0.15) is 0 Å². The van der Waals surface area contributed by atoms with E-state index in [1.165, 1.54) is 0 Å². The normalized spacial score (nSPS) is 11.1. The fourth-order valence-electron chi connectivity index (χ4n) is 7.39. The van der Waals surface area contributed by atoms with E-state index in [1.54, 1.807) is 0 Å². The largest absolute Gasteiger partial charge is 0.309 e. The number of benzene rings is 7. The number of aromatic nitrogens is 2. The number of hydrogen-bond acceptors (Lipinski definition) is 3. The van der Waals surface area contributed by atoms with Gasteiger partial charge in [0.15, 0.2) is 0 Å². The Morgan fingerprint density at radius 3 is 1.60 bits per heavy atom. The highest BCUT2D eigenvalue weighted by Gasteiger charge is 2.19. The molecule has 7 aromatic carbocycles. The standard InChI is InChI=1S/C45H25N5/c46-26-29-15-22-43-40(23-29)39-21-14-30(27-47)24-44(39)49(43)33-18-16-32(17-19-33)34-7-1-2-8-35(34)38-20-13-31(28-48)25-45(38)50-41-11-5-3-9-36(41)37-10-4-6-12-42(37)50/h1-25H. The van der Waals surface area contributed by atoms with E-state index in [-0.39, 0.29) is 0 Å². The van der Waals surface area contributed by atoms with Gasteiger partial charge in [-0.1, -0.05) is 84.9 Å². The van der Waals surface area contributed by atoms with Crippen molar-refractivity contribution in [3.8, 4) is 51.8 Å². The SMILES string of the molecule is N#Cc1ccc(-c2ccccc2-c2ccc(-n3c4ccc(C#N)cc4c4ccc(C#N)cc43)cc2)c(-n2c3ccccc3c3ccccc32)c1. The summed E-state index contributed by atoms with van der Waals surface area (Å²) in [6, 6.07) is 57.9. The number of fused-ring (bicyclic) bond motifs is 6. The van der Waals surface area contributed by atoms with Gasteiger partial charge in [0.05, 0.1) is 62.7 Å². The molecule has 0 unspecified atom stereocenters. The molecule has 0 bridgehead atoms. The van der Waals surface area contributed by atoms with E-state index in [2.05, 4.69) is 130 Å². The van der Waals surface area contributed by atoms with Crippen molar-refractivity contribution >= 4 is 43.6 Å². The molecular formula is C45H25N5. The summed E-state index contributed by atoms with van der Waals surface area (Å²) >= 11 is 0. The summed E-state index contributed by atoms with van der Waals surface area (Å²) in [5, 5.41) is 33.6. The average Bonchev–Trinajstić information content (AvgIpc) is 3.69. The first kappa shape index (κ1) is 28.8. The van der Waals surface area contributed by atoms with Crippen LogP contribution in [0.25, 0.3) is 77.2 Å². The van der Waals surface area contributed by atoms with E-state index < -0.39 is 0 Å². The molecule has 2 heterocycles. The minimum absolute atomic E-state index is 0.578. The van der Waals surface area contributed by atoms with Crippen molar-refractivity contribution in [1.82, 2.24) is 9.13 Å². The van der Waals surface area contributed by atoms with Crippen LogP contribution in [0, 0.1) is 34.0 Å². The highest BCUT2D eigenvalue weighted by molar-refractivity contribution is 6.11. The Balaban J connectivity index is 1.22. The molecule has 5 nitrogen and oxygen atoms in total. The molecule has 9 rings (SSSR count). The van der Waals surface area contributed by atoms with Crippen LogP contribution in [-0.4, -0.2) is 9.13 Å². The molecule has 0 aliphatic heterocycles. The zero-order valence-corrected chi connectivity index (χ0v) is 26.7. The molecule has 0 saturated carbocycles. The van der Waals surface area contributed by atoms with Crippen LogP contribution < -0.4 is 0 Å². The molecule has 0 N–H and O–H groups in total. The predicted molar refractivity (Wildman–Crippen MR) is 200 cm³/mol. The molecule has 0 spiro atoms. The molecule has 0 aliphatic carbocycles. The Morgan fingerprint density at radius 1 is 0.360 bits per heavy atom. The summed E-state index contributed by atoms with van der Waals surface area (Å²) in [4.78, 5) is 0. The summed E-state index contributed by atoms with van der Waals surface area (Å²) in [6.07, 6.45) is 0. The van der Waals surface area contributed by atoms with Gasteiger partial charge in [-0.2, -0.15) is 15.8 Å². The van der Waals surface area contributed by atoms with Gasteiger partial charge in [0, 0.05) is 32.8 Å². The predicted octanol–water partition coefficient (Wildman–Crippen LogP) is 10.8. The van der Waals surface area contributed by atoms with E-state index in [1.807, 2.05) is 48.5 Å². The smallest absolute Gasteiger partial charge is 0.0992 e. The lowest BCUT2D eigenvalue weighted by atomic mass is 9.92. The van der Waals surface area contributed by atoms with Crippen LogP contribution >= 0.6 is 0 Å². The van der Waals surface area contributed by atoms with E-state index in [0.717, 1.165) is 77.2 Å². The summed E-state index contributed by atoms with van der Waals surface area (Å²) < 4.78 is 4.43. The van der Waals surface area contributed by atoms with Crippen LogP contribution in [0.4, 0.5) is 0 Å². The lowest BCUT2D eigenvalue weighted by molar-refractivity contribution is 1.18. The maximum atomic E-state index is 9.98. The molecule has 0 fully saturated rings. The zero-order valence-electron chi connectivity index (χ0n) is 26.7. The lowest BCUT2D eigenvalue weighted by Crippen LogP contribution is -1.99. The molecule has 0 radical (unpaired) electrons. The first-order chi connectivity index (χ1) is 24.7. The van der Waals surface area contributed by atoms with E-state index in [4.69, 9.17) is 0 Å². The second-order valence-electron chi connectivity index (χ2n) is 12.3. The first-order valence-corrected chi connectivity index (χ1v) is 16.3. The van der Waals surface area contributed by atoms with Crippen molar-refractivity contribution in [2.75, 3.05) is 0 Å². The Bertz CT molecular complexity index is 2900. The maximum absolute atomic E-state index is 9.98. The average molecular weight is 636 g/mol. The van der Waals surface area contributed by atoms with Crippen LogP contribution in [0.5, 0.6) is 0 Å². The number of nitriles is 3. The third-order valence-electron chi connectivity index (χ3n) is 9.63. The highest BCUT2D eigenvalue weighted by Crippen LogP contribution is 2.41. The van der Waals surface area contributed by atoms with Crippen LogP contribution in [0.15, 0.2) is 152 Å². The third kappa shape index (κ3) is 4.38. The van der Waals surface area contributed by atoms with Crippen molar-refractivity contribution in [3.05, 3.63) is 168 Å². The van der Waals surface area contributed by atoms with Gasteiger partial charge in [-0.25, -0.2) is 0 Å². The fourth-order valence-corrected chi connectivity index (χ4v) is 7.39. The third-order valence-corrected chi connectivity index (χ3v) is 9.63.